The van der Waals surface area contributed by atoms with Crippen LogP contribution in [0.4, 0.5) is 0 Å². The van der Waals surface area contributed by atoms with E-state index in [0.29, 0.717) is 13.0 Å². The predicted molar refractivity (Wildman–Crippen MR) is 66.3 cm³/mol. The third-order valence-corrected chi connectivity index (χ3v) is 2.26. The average molecular weight is 220 g/mol. The highest BCUT2D eigenvalue weighted by atomic mass is 16.1. The van der Waals surface area contributed by atoms with Gasteiger partial charge in [-0.1, -0.05) is 37.3 Å². The zero-order valence-corrected chi connectivity index (χ0v) is 9.83. The minimum Gasteiger partial charge on any atom is -0.355 e. The van der Waals surface area contributed by atoms with Crippen LogP contribution in [-0.2, 0) is 11.2 Å². The molecule has 88 valence electrons. The van der Waals surface area contributed by atoms with Crippen molar-refractivity contribution in [2.75, 3.05) is 19.6 Å². The van der Waals surface area contributed by atoms with Gasteiger partial charge in [-0.2, -0.15) is 0 Å². The highest BCUT2D eigenvalue weighted by Crippen LogP contribution is 1.98. The molecule has 1 aromatic carbocycles. The molecule has 1 amide bonds. The molecule has 0 saturated heterocycles. The molecule has 3 heteroatoms. The van der Waals surface area contributed by atoms with E-state index in [0.717, 1.165) is 25.1 Å². The van der Waals surface area contributed by atoms with Crippen LogP contribution in [-0.4, -0.2) is 25.5 Å². The van der Waals surface area contributed by atoms with Crippen LogP contribution in [0.25, 0.3) is 0 Å². The quantitative estimate of drug-likeness (QED) is 0.681. The maximum absolute atomic E-state index is 11.5. The molecule has 0 spiro atoms. The van der Waals surface area contributed by atoms with Crippen LogP contribution >= 0.6 is 0 Å². The number of carbonyl (C=O) groups is 1. The van der Waals surface area contributed by atoms with Crippen LogP contribution in [0.2, 0.25) is 0 Å². The van der Waals surface area contributed by atoms with Gasteiger partial charge in [-0.25, -0.2) is 0 Å². The molecule has 0 unspecified atom stereocenters. The molecular weight excluding hydrogens is 200 g/mol. The van der Waals surface area contributed by atoms with E-state index < -0.39 is 0 Å². The maximum Gasteiger partial charge on any atom is 0.224 e. The monoisotopic (exact) mass is 220 g/mol. The summed E-state index contributed by atoms with van der Waals surface area (Å²) in [7, 11) is 0. The number of hydrogen-bond acceptors (Lipinski definition) is 2. The fourth-order valence-corrected chi connectivity index (χ4v) is 1.44. The van der Waals surface area contributed by atoms with Crippen molar-refractivity contribution in [2.45, 2.75) is 19.8 Å². The Morgan fingerprint density at radius 2 is 1.88 bits per heavy atom. The van der Waals surface area contributed by atoms with Gasteiger partial charge in [0.05, 0.1) is 6.42 Å². The molecule has 0 heterocycles. The van der Waals surface area contributed by atoms with Crippen molar-refractivity contribution >= 4 is 5.91 Å². The van der Waals surface area contributed by atoms with E-state index >= 15 is 0 Å². The fraction of sp³-hybridized carbons (Fsp3) is 0.462. The summed E-state index contributed by atoms with van der Waals surface area (Å²) < 4.78 is 0. The van der Waals surface area contributed by atoms with Crippen molar-refractivity contribution in [1.29, 1.82) is 0 Å². The standard InChI is InChI=1S/C13H20N2O/c1-2-8-14-9-10-15-13(16)11-12-6-4-3-5-7-12/h3-7,14H,2,8-11H2,1H3,(H,15,16). The first-order valence-electron chi connectivity index (χ1n) is 5.84. The smallest absolute Gasteiger partial charge is 0.224 e. The second kappa shape index (κ2) is 7.88. The third kappa shape index (κ3) is 5.51. The molecule has 0 bridgehead atoms. The largest absolute Gasteiger partial charge is 0.355 e. The molecule has 0 fully saturated rings. The molecule has 0 aliphatic heterocycles. The summed E-state index contributed by atoms with van der Waals surface area (Å²) in [4.78, 5) is 11.5. The Bertz CT molecular complexity index is 298. The van der Waals surface area contributed by atoms with E-state index in [1.807, 2.05) is 30.3 Å². The van der Waals surface area contributed by atoms with E-state index in [2.05, 4.69) is 17.6 Å². The van der Waals surface area contributed by atoms with Gasteiger partial charge in [0.15, 0.2) is 0 Å². The van der Waals surface area contributed by atoms with Gasteiger partial charge < -0.3 is 10.6 Å². The van der Waals surface area contributed by atoms with E-state index in [4.69, 9.17) is 0 Å². The maximum atomic E-state index is 11.5. The Morgan fingerprint density at radius 1 is 1.12 bits per heavy atom. The second-order valence-electron chi connectivity index (χ2n) is 3.76. The minimum absolute atomic E-state index is 0.0875. The number of benzene rings is 1. The lowest BCUT2D eigenvalue weighted by Gasteiger charge is -2.06. The van der Waals surface area contributed by atoms with E-state index in [1.54, 1.807) is 0 Å². The lowest BCUT2D eigenvalue weighted by molar-refractivity contribution is -0.120. The zero-order chi connectivity index (χ0) is 11.6. The number of amides is 1. The van der Waals surface area contributed by atoms with Crippen LogP contribution < -0.4 is 10.6 Å². The Labute approximate surface area is 97.2 Å². The molecule has 1 aromatic rings. The lowest BCUT2D eigenvalue weighted by atomic mass is 10.1. The zero-order valence-electron chi connectivity index (χ0n) is 9.83. The first kappa shape index (κ1) is 12.7. The van der Waals surface area contributed by atoms with E-state index in [-0.39, 0.29) is 5.91 Å². The third-order valence-electron chi connectivity index (χ3n) is 2.26. The van der Waals surface area contributed by atoms with Gasteiger partial charge >= 0.3 is 0 Å². The number of carbonyl (C=O) groups excluding carboxylic acids is 1. The molecule has 0 aliphatic rings. The van der Waals surface area contributed by atoms with Crippen molar-refractivity contribution < 1.29 is 4.79 Å². The summed E-state index contributed by atoms with van der Waals surface area (Å²) in [5, 5.41) is 6.13. The minimum atomic E-state index is 0.0875. The molecular formula is C13H20N2O. The molecule has 0 aromatic heterocycles. The van der Waals surface area contributed by atoms with Gasteiger partial charge in [-0.15, -0.1) is 0 Å². The molecule has 3 nitrogen and oxygen atoms in total. The van der Waals surface area contributed by atoms with Crippen molar-refractivity contribution in [2.24, 2.45) is 0 Å². The first-order chi connectivity index (χ1) is 7.83. The molecule has 0 radical (unpaired) electrons. The molecule has 0 atom stereocenters. The number of rotatable bonds is 7. The molecule has 2 N–H and O–H groups in total. The lowest BCUT2D eigenvalue weighted by Crippen LogP contribution is -2.32. The topological polar surface area (TPSA) is 41.1 Å². The normalized spacial score (nSPS) is 10.1. The Morgan fingerprint density at radius 3 is 2.56 bits per heavy atom. The summed E-state index contributed by atoms with van der Waals surface area (Å²) in [6, 6.07) is 9.79. The second-order valence-corrected chi connectivity index (χ2v) is 3.76. The van der Waals surface area contributed by atoms with Crippen LogP contribution in [0.5, 0.6) is 0 Å². The highest BCUT2D eigenvalue weighted by Gasteiger charge is 2.01. The van der Waals surface area contributed by atoms with Crippen molar-refractivity contribution in [3.63, 3.8) is 0 Å². The molecule has 0 saturated carbocycles. The fourth-order valence-electron chi connectivity index (χ4n) is 1.44. The Hall–Kier alpha value is -1.35. The molecule has 16 heavy (non-hydrogen) atoms. The van der Waals surface area contributed by atoms with E-state index in [1.165, 1.54) is 0 Å². The van der Waals surface area contributed by atoms with Crippen LogP contribution in [0, 0.1) is 0 Å². The van der Waals surface area contributed by atoms with Gasteiger partial charge in [-0.3, -0.25) is 4.79 Å². The van der Waals surface area contributed by atoms with Gasteiger partial charge in [0.25, 0.3) is 0 Å². The van der Waals surface area contributed by atoms with Gasteiger partial charge in [-0.05, 0) is 18.5 Å². The van der Waals surface area contributed by atoms with Crippen molar-refractivity contribution in [1.82, 2.24) is 10.6 Å². The van der Waals surface area contributed by atoms with Gasteiger partial charge in [0.2, 0.25) is 5.91 Å². The highest BCUT2D eigenvalue weighted by molar-refractivity contribution is 5.78. The predicted octanol–water partition coefficient (Wildman–Crippen LogP) is 1.34. The molecule has 1 rings (SSSR count). The SMILES string of the molecule is CCCNCCNC(=O)Cc1ccccc1. The van der Waals surface area contributed by atoms with Crippen LogP contribution in [0.1, 0.15) is 18.9 Å². The molecule has 0 aliphatic carbocycles. The Balaban J connectivity index is 2.12. The number of hydrogen-bond donors (Lipinski definition) is 2. The summed E-state index contributed by atoms with van der Waals surface area (Å²) in [5.41, 5.74) is 1.06. The first-order valence-corrected chi connectivity index (χ1v) is 5.84. The van der Waals surface area contributed by atoms with Gasteiger partial charge in [0, 0.05) is 13.1 Å². The van der Waals surface area contributed by atoms with Crippen molar-refractivity contribution in [3.05, 3.63) is 35.9 Å². The summed E-state index contributed by atoms with van der Waals surface area (Å²) in [5.74, 6) is 0.0875. The summed E-state index contributed by atoms with van der Waals surface area (Å²) >= 11 is 0. The summed E-state index contributed by atoms with van der Waals surface area (Å²) in [6.07, 6.45) is 1.59. The van der Waals surface area contributed by atoms with Crippen LogP contribution in [0.15, 0.2) is 30.3 Å². The Kier molecular flexibility index (Phi) is 6.26. The van der Waals surface area contributed by atoms with Crippen molar-refractivity contribution in [3.8, 4) is 0 Å². The van der Waals surface area contributed by atoms with Crippen LogP contribution in [0.3, 0.4) is 0 Å². The number of nitrogens with one attached hydrogen (secondary N) is 2. The average Bonchev–Trinajstić information content (AvgIpc) is 2.30. The van der Waals surface area contributed by atoms with Gasteiger partial charge in [0.1, 0.15) is 0 Å². The van der Waals surface area contributed by atoms with E-state index in [9.17, 15) is 4.79 Å². The summed E-state index contributed by atoms with van der Waals surface area (Å²) in [6.45, 7) is 4.68.